The zero-order valence-electron chi connectivity index (χ0n) is 26.8. The molecule has 1 aliphatic rings. The van der Waals surface area contributed by atoms with E-state index in [0.29, 0.717) is 12.1 Å². The Kier molecular flexibility index (Phi) is 11.2. The number of carbonyl (C=O) groups excluding carboxylic acids is 2. The maximum Gasteiger partial charge on any atom is 0.417 e. The number of piperidine rings is 1. The minimum atomic E-state index is -4.64. The maximum atomic E-state index is 13.5. The van der Waals surface area contributed by atoms with Crippen LogP contribution >= 0.6 is 11.6 Å². The van der Waals surface area contributed by atoms with E-state index in [4.69, 9.17) is 11.6 Å². The summed E-state index contributed by atoms with van der Waals surface area (Å²) in [6.45, 7) is 3.06. The molecule has 248 valence electrons. The summed E-state index contributed by atoms with van der Waals surface area (Å²) in [6, 6.07) is 24.3. The molecule has 2 amide bonds. The molecule has 4 aromatic carbocycles. The lowest BCUT2D eigenvalue weighted by atomic mass is 9.95. The molecule has 0 radical (unpaired) electrons. The van der Waals surface area contributed by atoms with Gasteiger partial charge in [-0.3, -0.25) is 14.5 Å². The number of hydrogen-bond donors (Lipinski definition) is 2. The zero-order chi connectivity index (χ0) is 34.3. The predicted octanol–water partition coefficient (Wildman–Crippen LogP) is 6.26. The summed E-state index contributed by atoms with van der Waals surface area (Å²) in [5.74, 6) is -1.01. The minimum Gasteiger partial charge on any atom is -0.372 e. The number of nitrogens with zero attached hydrogens (tertiary/aromatic N) is 3. The number of alkyl halides is 3. The van der Waals surface area contributed by atoms with Crippen molar-refractivity contribution in [1.29, 1.82) is 0 Å². The van der Waals surface area contributed by atoms with Crippen molar-refractivity contribution in [3.63, 3.8) is 0 Å². The molecule has 0 saturated carbocycles. The van der Waals surface area contributed by atoms with E-state index in [1.807, 2.05) is 31.3 Å². The van der Waals surface area contributed by atoms with E-state index in [0.717, 1.165) is 68.5 Å². The number of hydrazone groups is 1. The maximum absolute atomic E-state index is 13.5. The highest BCUT2D eigenvalue weighted by atomic mass is 35.5. The molecular formula is C36H36BClF3N5O2. The van der Waals surface area contributed by atoms with Gasteiger partial charge in [0.1, 0.15) is 7.85 Å². The lowest BCUT2D eigenvalue weighted by Gasteiger charge is -2.29. The highest BCUT2D eigenvalue weighted by Crippen LogP contribution is 2.35. The van der Waals surface area contributed by atoms with Crippen LogP contribution in [-0.4, -0.2) is 50.9 Å². The van der Waals surface area contributed by atoms with Crippen molar-refractivity contribution in [2.24, 2.45) is 5.10 Å². The second-order valence-corrected chi connectivity index (χ2v) is 12.4. The number of hydrogen-bond acceptors (Lipinski definition) is 5. The summed E-state index contributed by atoms with van der Waals surface area (Å²) in [6.07, 6.45) is -0.335. The molecule has 0 aromatic heterocycles. The number of halogens is 4. The first-order valence-electron chi connectivity index (χ1n) is 15.7. The van der Waals surface area contributed by atoms with Crippen molar-refractivity contribution >= 4 is 54.3 Å². The number of benzene rings is 4. The third kappa shape index (κ3) is 9.26. The summed E-state index contributed by atoms with van der Waals surface area (Å²) in [5, 5.41) is 6.35. The van der Waals surface area contributed by atoms with Crippen molar-refractivity contribution < 1.29 is 22.8 Å². The van der Waals surface area contributed by atoms with E-state index in [1.54, 1.807) is 18.2 Å². The van der Waals surface area contributed by atoms with Crippen molar-refractivity contribution in [2.75, 3.05) is 30.4 Å². The van der Waals surface area contributed by atoms with Crippen molar-refractivity contribution in [1.82, 2.24) is 10.3 Å². The molecule has 0 atom stereocenters. The van der Waals surface area contributed by atoms with E-state index in [2.05, 4.69) is 57.8 Å². The Morgan fingerprint density at radius 2 is 1.65 bits per heavy atom. The third-order valence-corrected chi connectivity index (χ3v) is 8.44. The number of carbonyl (C=O) groups is 2. The summed E-state index contributed by atoms with van der Waals surface area (Å²) >= 11 is 5.72. The first-order valence-corrected chi connectivity index (χ1v) is 16.1. The summed E-state index contributed by atoms with van der Waals surface area (Å²) in [4.78, 5) is 31.3. The predicted molar refractivity (Wildman–Crippen MR) is 188 cm³/mol. The number of amides is 2. The first kappa shape index (κ1) is 34.7. The van der Waals surface area contributed by atoms with Crippen LogP contribution in [0.4, 0.5) is 24.5 Å². The number of anilines is 2. The van der Waals surface area contributed by atoms with Crippen LogP contribution in [0.1, 0.15) is 62.2 Å². The van der Waals surface area contributed by atoms with Crippen molar-refractivity contribution in [3.8, 4) is 0 Å². The fraction of sp³-hybridized carbons (Fsp3) is 0.250. The highest BCUT2D eigenvalue weighted by molar-refractivity contribution is 6.32. The van der Waals surface area contributed by atoms with Crippen LogP contribution in [-0.2, 0) is 19.3 Å². The van der Waals surface area contributed by atoms with Crippen LogP contribution in [0, 0.1) is 0 Å². The molecule has 12 heteroatoms. The van der Waals surface area contributed by atoms with Crippen LogP contribution in [0.25, 0.3) is 0 Å². The Hall–Kier alpha value is -4.61. The lowest BCUT2D eigenvalue weighted by molar-refractivity contribution is -0.137. The van der Waals surface area contributed by atoms with Gasteiger partial charge in [-0.2, -0.15) is 18.3 Å². The molecule has 1 fully saturated rings. The highest BCUT2D eigenvalue weighted by Gasteiger charge is 2.33. The van der Waals surface area contributed by atoms with Gasteiger partial charge in [-0.15, -0.1) is 0 Å². The molecule has 4 aromatic rings. The second-order valence-electron chi connectivity index (χ2n) is 12.0. The summed E-state index contributed by atoms with van der Waals surface area (Å²) in [5.41, 5.74) is 6.57. The number of nitrogens with one attached hydrogen (secondary N) is 2. The molecule has 1 aliphatic heterocycles. The Morgan fingerprint density at radius 3 is 2.38 bits per heavy atom. The molecule has 7 nitrogen and oxygen atoms in total. The number of rotatable bonds is 10. The molecule has 5 rings (SSSR count). The van der Waals surface area contributed by atoms with Crippen LogP contribution in [0.2, 0.25) is 5.02 Å². The van der Waals surface area contributed by atoms with E-state index in [1.165, 1.54) is 17.1 Å². The molecule has 0 bridgehead atoms. The van der Waals surface area contributed by atoms with Gasteiger partial charge in [-0.25, -0.2) is 5.43 Å². The molecule has 2 N–H and O–H groups in total. The zero-order valence-corrected chi connectivity index (χ0v) is 27.5. The normalized spacial score (nSPS) is 13.6. The molecule has 0 unspecified atom stereocenters. The van der Waals surface area contributed by atoms with Gasteiger partial charge in [0.15, 0.2) is 0 Å². The quantitative estimate of drug-likeness (QED) is 0.119. The van der Waals surface area contributed by atoms with Gasteiger partial charge < -0.3 is 10.2 Å². The molecule has 0 spiro atoms. The average molecular weight is 674 g/mol. The summed E-state index contributed by atoms with van der Waals surface area (Å²) < 4.78 is 39.9. The van der Waals surface area contributed by atoms with Crippen LogP contribution in [0.5, 0.6) is 0 Å². The molecule has 48 heavy (non-hydrogen) atoms. The SMILES string of the molecule is Bc1ccc(CN(C)Cc2cccc(C(=O)Nc3ccc(N4CCCCC4)cc3C(=O)N/N=C/c3ccc(Cl)c(C(F)(F)F)c3)c2)cc1. The van der Waals surface area contributed by atoms with E-state index >= 15 is 0 Å². The van der Waals surface area contributed by atoms with Gasteiger partial charge >= 0.3 is 6.18 Å². The standard InChI is InChI=1S/C36H36BClF3N5O2/c1-45(22-24-8-11-28(37)12-9-24)23-26-6-5-7-27(18-26)34(47)43-33-15-13-29(46-16-3-2-4-17-46)20-30(33)35(48)44-42-21-25-10-14-32(38)31(19-25)36(39,40)41/h5-15,18-21H,2-4,16-17,22-23,37H2,1H3,(H,43,47)(H,44,48)/b42-21+. The van der Waals surface area contributed by atoms with Crippen molar-refractivity contribution in [3.05, 3.63) is 123 Å². The monoisotopic (exact) mass is 673 g/mol. The first-order chi connectivity index (χ1) is 23.0. The molecule has 1 heterocycles. The van der Waals surface area contributed by atoms with Crippen molar-refractivity contribution in [2.45, 2.75) is 38.5 Å². The van der Waals surface area contributed by atoms with Gasteiger partial charge in [0.2, 0.25) is 0 Å². The van der Waals surface area contributed by atoms with Gasteiger partial charge in [-0.1, -0.05) is 59.5 Å². The third-order valence-electron chi connectivity index (χ3n) is 8.11. The minimum absolute atomic E-state index is 0.104. The van der Waals surface area contributed by atoms with Crippen LogP contribution < -0.4 is 21.1 Å². The van der Waals surface area contributed by atoms with Crippen LogP contribution in [0.15, 0.2) is 90.0 Å². The largest absolute Gasteiger partial charge is 0.417 e. The van der Waals surface area contributed by atoms with Gasteiger partial charge in [0.05, 0.1) is 28.1 Å². The van der Waals surface area contributed by atoms with E-state index in [9.17, 15) is 22.8 Å². The summed E-state index contributed by atoms with van der Waals surface area (Å²) in [7, 11) is 4.07. The van der Waals surface area contributed by atoms with E-state index in [-0.39, 0.29) is 22.7 Å². The fourth-order valence-electron chi connectivity index (χ4n) is 5.62. The van der Waals surface area contributed by atoms with Gasteiger partial charge in [-0.05, 0) is 85.5 Å². The molecule has 0 aliphatic carbocycles. The molecule has 1 saturated heterocycles. The molecular weight excluding hydrogens is 638 g/mol. The Morgan fingerprint density at radius 1 is 0.917 bits per heavy atom. The second kappa shape index (κ2) is 15.5. The van der Waals surface area contributed by atoms with Crippen LogP contribution in [0.3, 0.4) is 0 Å². The van der Waals surface area contributed by atoms with Gasteiger partial charge in [0, 0.05) is 37.4 Å². The Labute approximate surface area is 284 Å². The van der Waals surface area contributed by atoms with Gasteiger partial charge in [0.25, 0.3) is 11.8 Å². The van der Waals surface area contributed by atoms with E-state index < -0.39 is 22.7 Å². The fourth-order valence-corrected chi connectivity index (χ4v) is 5.85. The lowest BCUT2D eigenvalue weighted by Crippen LogP contribution is -2.30. The topological polar surface area (TPSA) is 77.0 Å². The Bertz CT molecular complexity index is 1790. The Balaban J connectivity index is 1.32. The smallest absolute Gasteiger partial charge is 0.372 e. The average Bonchev–Trinajstić information content (AvgIpc) is 3.06.